The average molecular weight is 365 g/mol. The Morgan fingerprint density at radius 3 is 2.52 bits per heavy atom. The predicted molar refractivity (Wildman–Crippen MR) is 105 cm³/mol. The third-order valence-electron chi connectivity index (χ3n) is 4.16. The number of halogens is 1. The van der Waals surface area contributed by atoms with Crippen LogP contribution in [0, 0.1) is 5.82 Å². The maximum Gasteiger partial charge on any atom is 0.321 e. The molecule has 0 spiro atoms. The third-order valence-corrected chi connectivity index (χ3v) is 4.16. The number of rotatable bonds is 4. The van der Waals surface area contributed by atoms with Crippen molar-refractivity contribution in [1.29, 1.82) is 0 Å². The molecule has 0 aromatic heterocycles. The van der Waals surface area contributed by atoms with Gasteiger partial charge in [0, 0.05) is 26.2 Å². The van der Waals surface area contributed by atoms with E-state index in [1.165, 1.54) is 25.1 Å². The highest BCUT2D eigenvalue weighted by atomic mass is 19.1. The molecule has 6 heteroatoms. The Hall–Kier alpha value is -3.41. The van der Waals surface area contributed by atoms with E-state index in [4.69, 9.17) is 0 Å². The molecule has 138 valence electrons. The topological polar surface area (TPSA) is 61.4 Å². The van der Waals surface area contributed by atoms with E-state index in [1.807, 2.05) is 42.5 Å². The molecule has 0 atom stereocenters. The van der Waals surface area contributed by atoms with Crippen molar-refractivity contribution in [2.75, 3.05) is 17.7 Å². The Bertz CT molecular complexity index is 998. The van der Waals surface area contributed by atoms with Crippen LogP contribution in [0.15, 0.2) is 60.7 Å². The summed E-state index contributed by atoms with van der Waals surface area (Å²) in [5.41, 5.74) is 1.45. The first-order valence-electron chi connectivity index (χ1n) is 8.50. The van der Waals surface area contributed by atoms with Gasteiger partial charge in [0.25, 0.3) is 0 Å². The zero-order chi connectivity index (χ0) is 19.4. The normalized spacial score (nSPS) is 10.5. The molecule has 5 nitrogen and oxygen atoms in total. The molecule has 2 N–H and O–H groups in total. The SMILES string of the molecule is CC(=O)Nc1cc(NC(=O)N(C)Cc2cccc3ccccc23)ccc1F. The summed E-state index contributed by atoms with van der Waals surface area (Å²) >= 11 is 0. The van der Waals surface area contributed by atoms with Crippen molar-refractivity contribution in [3.63, 3.8) is 0 Å². The van der Waals surface area contributed by atoms with Gasteiger partial charge in [0.1, 0.15) is 5.82 Å². The standard InChI is InChI=1S/C21H20FN3O2/c1-14(26)23-20-12-17(10-11-19(20)22)24-21(27)25(2)13-16-8-5-7-15-6-3-4-9-18(15)16/h3-12H,13H2,1-2H3,(H,23,26)(H,24,27). The van der Waals surface area contributed by atoms with Crippen molar-refractivity contribution < 1.29 is 14.0 Å². The molecule has 3 amide bonds. The van der Waals surface area contributed by atoms with Gasteiger partial charge in [-0.25, -0.2) is 9.18 Å². The number of amides is 3. The van der Waals surface area contributed by atoms with E-state index in [-0.39, 0.29) is 17.6 Å². The number of nitrogens with zero attached hydrogens (tertiary/aromatic N) is 1. The summed E-state index contributed by atoms with van der Waals surface area (Å²) in [5, 5.41) is 7.32. The first-order chi connectivity index (χ1) is 12.9. The molecule has 0 aliphatic rings. The molecule has 0 aliphatic heterocycles. The fourth-order valence-corrected chi connectivity index (χ4v) is 2.87. The lowest BCUT2D eigenvalue weighted by molar-refractivity contribution is -0.114. The summed E-state index contributed by atoms with van der Waals surface area (Å²) in [6, 6.07) is 17.7. The molecule has 3 aromatic rings. The lowest BCUT2D eigenvalue weighted by atomic mass is 10.0. The van der Waals surface area contributed by atoms with Gasteiger partial charge < -0.3 is 15.5 Å². The van der Waals surface area contributed by atoms with Crippen LogP contribution in [0.4, 0.5) is 20.6 Å². The van der Waals surface area contributed by atoms with Gasteiger partial charge in [0.15, 0.2) is 0 Å². The smallest absolute Gasteiger partial charge is 0.321 e. The number of hydrogen-bond donors (Lipinski definition) is 2. The maximum atomic E-state index is 13.7. The van der Waals surface area contributed by atoms with Crippen molar-refractivity contribution in [3.05, 3.63) is 72.0 Å². The van der Waals surface area contributed by atoms with Crippen molar-refractivity contribution in [3.8, 4) is 0 Å². The minimum absolute atomic E-state index is 0.0250. The van der Waals surface area contributed by atoms with Gasteiger partial charge in [-0.1, -0.05) is 42.5 Å². The number of anilines is 2. The van der Waals surface area contributed by atoms with E-state index in [1.54, 1.807) is 11.9 Å². The van der Waals surface area contributed by atoms with Crippen molar-refractivity contribution in [1.82, 2.24) is 4.90 Å². The fourth-order valence-electron chi connectivity index (χ4n) is 2.87. The Morgan fingerprint density at radius 2 is 1.74 bits per heavy atom. The minimum Gasteiger partial charge on any atom is -0.324 e. The zero-order valence-corrected chi connectivity index (χ0v) is 15.1. The first-order valence-corrected chi connectivity index (χ1v) is 8.50. The predicted octanol–water partition coefficient (Wildman–Crippen LogP) is 4.60. The van der Waals surface area contributed by atoms with Gasteiger partial charge in [0.2, 0.25) is 5.91 Å². The van der Waals surface area contributed by atoms with Crippen LogP contribution < -0.4 is 10.6 Å². The van der Waals surface area contributed by atoms with Gasteiger partial charge >= 0.3 is 6.03 Å². The summed E-state index contributed by atoms with van der Waals surface area (Å²) < 4.78 is 13.7. The van der Waals surface area contributed by atoms with E-state index in [9.17, 15) is 14.0 Å². The monoisotopic (exact) mass is 365 g/mol. The van der Waals surface area contributed by atoms with Gasteiger partial charge in [-0.05, 0) is 34.5 Å². The number of hydrogen-bond acceptors (Lipinski definition) is 2. The summed E-state index contributed by atoms with van der Waals surface area (Å²) in [7, 11) is 1.69. The highest BCUT2D eigenvalue weighted by Gasteiger charge is 2.13. The molecule has 0 unspecified atom stereocenters. The lowest BCUT2D eigenvalue weighted by Crippen LogP contribution is -2.31. The number of benzene rings is 3. The van der Waals surface area contributed by atoms with Crippen molar-refractivity contribution in [2.45, 2.75) is 13.5 Å². The number of carbonyl (C=O) groups excluding carboxylic acids is 2. The quantitative estimate of drug-likeness (QED) is 0.710. The second-order valence-corrected chi connectivity index (χ2v) is 6.30. The molecule has 3 aromatic carbocycles. The first kappa shape index (κ1) is 18.4. The molecule has 0 aliphatic carbocycles. The summed E-state index contributed by atoms with van der Waals surface area (Å²) in [5.74, 6) is -0.947. The summed E-state index contributed by atoms with van der Waals surface area (Å²) in [6.45, 7) is 1.72. The number of fused-ring (bicyclic) bond motifs is 1. The van der Waals surface area contributed by atoms with Gasteiger partial charge in [-0.15, -0.1) is 0 Å². The molecule has 0 radical (unpaired) electrons. The molecule has 3 rings (SSSR count). The fraction of sp³-hybridized carbons (Fsp3) is 0.143. The summed E-state index contributed by atoms with van der Waals surface area (Å²) in [4.78, 5) is 25.2. The van der Waals surface area contributed by atoms with Crippen LogP contribution in [-0.2, 0) is 11.3 Å². The van der Waals surface area contributed by atoms with E-state index in [2.05, 4.69) is 10.6 Å². The zero-order valence-electron chi connectivity index (χ0n) is 15.1. The number of nitrogens with one attached hydrogen (secondary N) is 2. The molecule has 0 heterocycles. The third kappa shape index (κ3) is 4.41. The van der Waals surface area contributed by atoms with Crippen LogP contribution in [0.3, 0.4) is 0 Å². The van der Waals surface area contributed by atoms with Crippen molar-refractivity contribution >= 4 is 34.1 Å². The molecule has 0 fully saturated rings. The minimum atomic E-state index is -0.563. The van der Waals surface area contributed by atoms with E-state index in [0.29, 0.717) is 12.2 Å². The van der Waals surface area contributed by atoms with Gasteiger partial charge in [0.05, 0.1) is 5.69 Å². The molecule has 0 bridgehead atoms. The Kier molecular flexibility index (Phi) is 5.35. The molecular weight excluding hydrogens is 345 g/mol. The van der Waals surface area contributed by atoms with Crippen LogP contribution in [-0.4, -0.2) is 23.9 Å². The molecule has 0 saturated carbocycles. The Balaban J connectivity index is 1.73. The second kappa shape index (κ2) is 7.86. The Morgan fingerprint density at radius 1 is 1.00 bits per heavy atom. The van der Waals surface area contributed by atoms with E-state index < -0.39 is 5.82 Å². The van der Waals surface area contributed by atoms with E-state index in [0.717, 1.165) is 16.3 Å². The van der Waals surface area contributed by atoms with E-state index >= 15 is 0 Å². The molecule has 0 saturated heterocycles. The number of urea groups is 1. The van der Waals surface area contributed by atoms with Crippen LogP contribution in [0.1, 0.15) is 12.5 Å². The van der Waals surface area contributed by atoms with Gasteiger partial charge in [-0.2, -0.15) is 0 Å². The molecular formula is C21H20FN3O2. The number of carbonyl (C=O) groups is 2. The second-order valence-electron chi connectivity index (χ2n) is 6.30. The van der Waals surface area contributed by atoms with Crippen LogP contribution in [0.2, 0.25) is 0 Å². The van der Waals surface area contributed by atoms with Crippen LogP contribution in [0.5, 0.6) is 0 Å². The van der Waals surface area contributed by atoms with Gasteiger partial charge in [-0.3, -0.25) is 4.79 Å². The average Bonchev–Trinajstić information content (AvgIpc) is 2.64. The Labute approximate surface area is 156 Å². The maximum absolute atomic E-state index is 13.7. The van der Waals surface area contributed by atoms with Crippen LogP contribution in [0.25, 0.3) is 10.8 Å². The van der Waals surface area contributed by atoms with Crippen LogP contribution >= 0.6 is 0 Å². The highest BCUT2D eigenvalue weighted by Crippen LogP contribution is 2.22. The highest BCUT2D eigenvalue weighted by molar-refractivity contribution is 5.93. The van der Waals surface area contributed by atoms with Crippen molar-refractivity contribution in [2.24, 2.45) is 0 Å². The largest absolute Gasteiger partial charge is 0.324 e. The lowest BCUT2D eigenvalue weighted by Gasteiger charge is -2.19. The molecule has 27 heavy (non-hydrogen) atoms. The summed E-state index contributed by atoms with van der Waals surface area (Å²) in [6.07, 6.45) is 0.